The van der Waals surface area contributed by atoms with Crippen molar-refractivity contribution in [1.82, 2.24) is 14.7 Å². The lowest BCUT2D eigenvalue weighted by Gasteiger charge is -2.23. The van der Waals surface area contributed by atoms with Gasteiger partial charge < -0.3 is 9.64 Å². The Bertz CT molecular complexity index is 900. The summed E-state index contributed by atoms with van der Waals surface area (Å²) in [6.45, 7) is 2.60. The summed E-state index contributed by atoms with van der Waals surface area (Å²) in [5.41, 5.74) is 5.63. The molecule has 26 heavy (non-hydrogen) atoms. The minimum Gasteiger partial charge on any atom is -0.497 e. The summed E-state index contributed by atoms with van der Waals surface area (Å²) in [5, 5.41) is 4.90. The number of benzene rings is 2. The molecule has 4 nitrogen and oxygen atoms in total. The van der Waals surface area contributed by atoms with Gasteiger partial charge in [0.15, 0.2) is 0 Å². The van der Waals surface area contributed by atoms with Crippen molar-refractivity contribution >= 4 is 0 Å². The van der Waals surface area contributed by atoms with Gasteiger partial charge in [-0.3, -0.25) is 4.68 Å². The third-order valence-corrected chi connectivity index (χ3v) is 4.93. The van der Waals surface area contributed by atoms with Gasteiger partial charge in [-0.1, -0.05) is 12.1 Å². The number of hydrogen-bond donors (Lipinski definition) is 0. The molecule has 3 aromatic rings. The summed E-state index contributed by atoms with van der Waals surface area (Å²) >= 11 is 0. The standard InChI is InChI=1S/C21H22FN3O/c1-24-12-11-20-19(14-24)21(16-5-7-17(22)8-6-16)23-25(20)13-15-3-9-18(26-2)10-4-15/h3-10H,11-14H2,1-2H3. The second-order valence-electron chi connectivity index (χ2n) is 6.77. The molecule has 0 spiro atoms. The van der Waals surface area contributed by atoms with Crippen LogP contribution in [0.2, 0.25) is 0 Å². The average molecular weight is 351 g/mol. The molecule has 0 atom stereocenters. The van der Waals surface area contributed by atoms with Gasteiger partial charge in [0.2, 0.25) is 0 Å². The molecule has 2 heterocycles. The van der Waals surface area contributed by atoms with Crippen LogP contribution in [0.25, 0.3) is 11.3 Å². The summed E-state index contributed by atoms with van der Waals surface area (Å²) in [4.78, 5) is 2.30. The van der Waals surface area contributed by atoms with Gasteiger partial charge in [-0.2, -0.15) is 5.10 Å². The number of fused-ring (bicyclic) bond motifs is 1. The van der Waals surface area contributed by atoms with Crippen LogP contribution >= 0.6 is 0 Å². The first kappa shape index (κ1) is 16.8. The fraction of sp³-hybridized carbons (Fsp3) is 0.286. The van der Waals surface area contributed by atoms with Gasteiger partial charge in [-0.05, 0) is 49.0 Å². The Hall–Kier alpha value is -2.66. The van der Waals surface area contributed by atoms with Crippen molar-refractivity contribution in [2.45, 2.75) is 19.5 Å². The van der Waals surface area contributed by atoms with E-state index in [0.29, 0.717) is 0 Å². The van der Waals surface area contributed by atoms with Crippen molar-refractivity contribution in [3.05, 3.63) is 71.2 Å². The molecule has 1 aliphatic heterocycles. The van der Waals surface area contributed by atoms with E-state index in [2.05, 4.69) is 28.8 Å². The third kappa shape index (κ3) is 3.22. The minimum atomic E-state index is -0.225. The maximum absolute atomic E-state index is 13.3. The van der Waals surface area contributed by atoms with E-state index < -0.39 is 0 Å². The number of aromatic nitrogens is 2. The number of methoxy groups -OCH3 is 1. The highest BCUT2D eigenvalue weighted by atomic mass is 19.1. The Kier molecular flexibility index (Phi) is 4.47. The molecule has 1 aliphatic rings. The predicted molar refractivity (Wildman–Crippen MR) is 99.8 cm³/mol. The van der Waals surface area contributed by atoms with Gasteiger partial charge in [-0.25, -0.2) is 4.39 Å². The van der Waals surface area contributed by atoms with Crippen LogP contribution in [0.3, 0.4) is 0 Å². The van der Waals surface area contributed by atoms with Gasteiger partial charge in [0.1, 0.15) is 11.6 Å². The Morgan fingerprint density at radius 3 is 2.50 bits per heavy atom. The molecule has 0 radical (unpaired) electrons. The Morgan fingerprint density at radius 1 is 1.08 bits per heavy atom. The maximum Gasteiger partial charge on any atom is 0.123 e. The molecule has 0 saturated carbocycles. The average Bonchev–Trinajstić information content (AvgIpc) is 3.00. The SMILES string of the molecule is COc1ccc(Cn2nc(-c3ccc(F)cc3)c3c2CCN(C)C3)cc1. The van der Waals surface area contributed by atoms with Crippen molar-refractivity contribution in [2.24, 2.45) is 0 Å². The number of likely N-dealkylation sites (N-methyl/N-ethyl adjacent to an activating group) is 1. The molecule has 0 bridgehead atoms. The van der Waals surface area contributed by atoms with Crippen LogP contribution < -0.4 is 4.74 Å². The van der Waals surface area contributed by atoms with Crippen LogP contribution in [0.1, 0.15) is 16.8 Å². The molecule has 0 N–H and O–H groups in total. The van der Waals surface area contributed by atoms with E-state index in [1.165, 1.54) is 29.0 Å². The van der Waals surface area contributed by atoms with E-state index in [-0.39, 0.29) is 5.82 Å². The summed E-state index contributed by atoms with van der Waals surface area (Å²) in [5.74, 6) is 0.627. The van der Waals surface area contributed by atoms with Gasteiger partial charge in [0.05, 0.1) is 19.3 Å². The van der Waals surface area contributed by atoms with Crippen LogP contribution in [0, 0.1) is 5.82 Å². The molecular weight excluding hydrogens is 329 g/mol. The zero-order valence-corrected chi connectivity index (χ0v) is 15.1. The second kappa shape index (κ2) is 6.92. The topological polar surface area (TPSA) is 30.3 Å². The largest absolute Gasteiger partial charge is 0.497 e. The molecule has 5 heteroatoms. The van der Waals surface area contributed by atoms with Crippen molar-refractivity contribution in [1.29, 1.82) is 0 Å². The zero-order chi connectivity index (χ0) is 18.1. The van der Waals surface area contributed by atoms with Gasteiger partial charge >= 0.3 is 0 Å². The van der Waals surface area contributed by atoms with Gasteiger partial charge in [-0.15, -0.1) is 0 Å². The Balaban J connectivity index is 1.72. The summed E-state index contributed by atoms with van der Waals surface area (Å²) in [6, 6.07) is 14.7. The molecule has 2 aromatic carbocycles. The summed E-state index contributed by atoms with van der Waals surface area (Å²) in [7, 11) is 3.79. The number of rotatable bonds is 4. The van der Waals surface area contributed by atoms with E-state index in [1.54, 1.807) is 7.11 Å². The Labute approximate surface area is 152 Å². The van der Waals surface area contributed by atoms with Crippen LogP contribution in [-0.4, -0.2) is 35.4 Å². The van der Waals surface area contributed by atoms with Crippen LogP contribution in [-0.2, 0) is 19.5 Å². The molecule has 134 valence electrons. The first-order chi connectivity index (χ1) is 12.6. The number of nitrogens with zero attached hydrogens (tertiary/aromatic N) is 3. The van der Waals surface area contributed by atoms with Crippen LogP contribution in [0.5, 0.6) is 5.75 Å². The molecular formula is C21H22FN3O. The van der Waals surface area contributed by atoms with E-state index in [9.17, 15) is 4.39 Å². The molecule has 0 unspecified atom stereocenters. The molecule has 0 amide bonds. The number of ether oxygens (including phenoxy) is 1. The molecule has 0 aliphatic carbocycles. The fourth-order valence-corrected chi connectivity index (χ4v) is 3.50. The van der Waals surface area contributed by atoms with Crippen molar-refractivity contribution in [3.63, 3.8) is 0 Å². The van der Waals surface area contributed by atoms with E-state index in [4.69, 9.17) is 9.84 Å². The first-order valence-corrected chi connectivity index (χ1v) is 8.80. The van der Waals surface area contributed by atoms with E-state index in [1.807, 2.05) is 24.3 Å². The minimum absolute atomic E-state index is 0.225. The third-order valence-electron chi connectivity index (χ3n) is 4.93. The molecule has 0 saturated heterocycles. The fourth-order valence-electron chi connectivity index (χ4n) is 3.50. The predicted octanol–water partition coefficient (Wildman–Crippen LogP) is 3.73. The lowest BCUT2D eigenvalue weighted by molar-refractivity contribution is 0.308. The molecule has 0 fully saturated rings. The quantitative estimate of drug-likeness (QED) is 0.717. The maximum atomic E-state index is 13.3. The van der Waals surface area contributed by atoms with Gasteiger partial charge in [0.25, 0.3) is 0 Å². The molecule has 1 aromatic heterocycles. The lowest BCUT2D eigenvalue weighted by atomic mass is 10.0. The highest BCUT2D eigenvalue weighted by Gasteiger charge is 2.24. The normalized spacial score (nSPS) is 14.3. The van der Waals surface area contributed by atoms with Gasteiger partial charge in [0, 0.05) is 36.3 Å². The second-order valence-corrected chi connectivity index (χ2v) is 6.77. The zero-order valence-electron chi connectivity index (χ0n) is 15.1. The van der Waals surface area contributed by atoms with Crippen LogP contribution in [0.15, 0.2) is 48.5 Å². The Morgan fingerprint density at radius 2 is 1.81 bits per heavy atom. The van der Waals surface area contributed by atoms with Crippen LogP contribution in [0.4, 0.5) is 4.39 Å². The summed E-state index contributed by atoms with van der Waals surface area (Å²) < 4.78 is 20.6. The summed E-state index contributed by atoms with van der Waals surface area (Å²) in [6.07, 6.45) is 0.968. The highest BCUT2D eigenvalue weighted by molar-refractivity contribution is 5.64. The van der Waals surface area contributed by atoms with Crippen molar-refractivity contribution in [2.75, 3.05) is 20.7 Å². The van der Waals surface area contributed by atoms with Crippen molar-refractivity contribution < 1.29 is 9.13 Å². The molecule has 4 rings (SSSR count). The monoisotopic (exact) mass is 351 g/mol. The first-order valence-electron chi connectivity index (χ1n) is 8.80. The number of hydrogen-bond acceptors (Lipinski definition) is 3. The van der Waals surface area contributed by atoms with E-state index >= 15 is 0 Å². The van der Waals surface area contributed by atoms with Crippen molar-refractivity contribution in [3.8, 4) is 17.0 Å². The van der Waals surface area contributed by atoms with E-state index in [0.717, 1.165) is 43.1 Å². The number of halogens is 1. The highest BCUT2D eigenvalue weighted by Crippen LogP contribution is 2.30. The lowest BCUT2D eigenvalue weighted by Crippen LogP contribution is -2.27. The smallest absolute Gasteiger partial charge is 0.123 e.